The van der Waals surface area contributed by atoms with Gasteiger partial charge in [0, 0.05) is 39.3 Å². The van der Waals surface area contributed by atoms with E-state index in [0.717, 1.165) is 29.5 Å². The first-order valence-corrected chi connectivity index (χ1v) is 10.2. The molecule has 0 bridgehead atoms. The topological polar surface area (TPSA) is 99.9 Å². The highest BCUT2D eigenvalue weighted by atomic mass is 32.1. The molecule has 2 atom stereocenters. The zero-order valence-electron chi connectivity index (χ0n) is 14.8. The summed E-state index contributed by atoms with van der Waals surface area (Å²) < 4.78 is 1.19. The Hall–Kier alpha value is -2.64. The maximum atomic E-state index is 10.3. The number of benzene rings is 1. The third-order valence-corrected chi connectivity index (χ3v) is 6.35. The monoisotopic (exact) mass is 379 g/mol. The van der Waals surface area contributed by atoms with Gasteiger partial charge in [0.15, 0.2) is 5.88 Å². The molecule has 1 aliphatic rings. The van der Waals surface area contributed by atoms with Crippen LogP contribution in [0.25, 0.3) is 32.2 Å². The summed E-state index contributed by atoms with van der Waals surface area (Å²) in [6.45, 7) is 0. The van der Waals surface area contributed by atoms with E-state index in [-0.39, 0.29) is 18.0 Å². The van der Waals surface area contributed by atoms with Crippen molar-refractivity contribution < 1.29 is 5.11 Å². The van der Waals surface area contributed by atoms with E-state index in [1.54, 1.807) is 17.5 Å². The van der Waals surface area contributed by atoms with Crippen molar-refractivity contribution in [3.8, 4) is 17.1 Å². The molecule has 6 nitrogen and oxygen atoms in total. The molecule has 0 spiro atoms. The zero-order chi connectivity index (χ0) is 18.4. The van der Waals surface area contributed by atoms with Crippen LogP contribution in [0.1, 0.15) is 25.7 Å². The van der Waals surface area contributed by atoms with Crippen LogP contribution in [0.4, 0.5) is 5.95 Å². The number of anilines is 1. The molecule has 3 heterocycles. The molecule has 1 aliphatic carbocycles. The fourth-order valence-corrected chi connectivity index (χ4v) is 4.90. The summed E-state index contributed by atoms with van der Waals surface area (Å²) in [5.74, 6) is 0.658. The first-order valence-electron chi connectivity index (χ1n) is 9.27. The van der Waals surface area contributed by atoms with E-state index in [2.05, 4.69) is 32.8 Å². The standard InChI is InChI=1S/C20H21N5OS/c21-13-6-2-3-7-14(13)23-20-24-15-9-22-19(26)17(15)18(25-20)12-10-27-16-8-4-1-5-11(12)16/h1,4-5,8-10,13-14,22,26H,2-3,6-7,21H2,(H,23,24)/t13-,14+/m0/s1. The van der Waals surface area contributed by atoms with Crippen molar-refractivity contribution in [1.29, 1.82) is 0 Å². The Morgan fingerprint density at radius 2 is 2.04 bits per heavy atom. The maximum absolute atomic E-state index is 10.3. The lowest BCUT2D eigenvalue weighted by Gasteiger charge is -2.29. The van der Waals surface area contributed by atoms with Crippen LogP contribution < -0.4 is 11.1 Å². The van der Waals surface area contributed by atoms with Gasteiger partial charge in [-0.2, -0.15) is 0 Å². The number of thiophene rings is 1. The van der Waals surface area contributed by atoms with Crippen molar-refractivity contribution >= 4 is 38.3 Å². The molecular formula is C20H21N5OS. The lowest BCUT2D eigenvalue weighted by atomic mass is 9.91. The van der Waals surface area contributed by atoms with Gasteiger partial charge in [-0.05, 0) is 18.9 Å². The number of aromatic hydroxyl groups is 1. The Labute approximate surface area is 160 Å². The smallest absolute Gasteiger partial charge is 0.224 e. The first-order chi connectivity index (χ1) is 13.2. The lowest BCUT2D eigenvalue weighted by molar-refractivity contribution is 0.402. The molecule has 3 aromatic heterocycles. The second-order valence-electron chi connectivity index (χ2n) is 7.14. The van der Waals surface area contributed by atoms with Crippen LogP contribution in [-0.2, 0) is 0 Å². The number of nitrogens with two attached hydrogens (primary N) is 1. The molecule has 0 amide bonds. The highest BCUT2D eigenvalue weighted by molar-refractivity contribution is 7.17. The number of nitrogens with one attached hydrogen (secondary N) is 2. The number of hydrogen-bond acceptors (Lipinski definition) is 6. The summed E-state index contributed by atoms with van der Waals surface area (Å²) in [6.07, 6.45) is 6.11. The number of rotatable bonds is 3. The summed E-state index contributed by atoms with van der Waals surface area (Å²) in [7, 11) is 0. The van der Waals surface area contributed by atoms with Gasteiger partial charge < -0.3 is 21.1 Å². The Kier molecular flexibility index (Phi) is 3.98. The number of hydrogen-bond donors (Lipinski definition) is 4. The minimum absolute atomic E-state index is 0.0937. The van der Waals surface area contributed by atoms with Crippen LogP contribution >= 0.6 is 11.3 Å². The fraction of sp³-hybridized carbons (Fsp3) is 0.300. The summed E-state index contributed by atoms with van der Waals surface area (Å²) in [5.41, 5.74) is 8.73. The van der Waals surface area contributed by atoms with Crippen molar-refractivity contribution in [2.75, 3.05) is 5.32 Å². The van der Waals surface area contributed by atoms with Gasteiger partial charge in [-0.25, -0.2) is 9.97 Å². The SMILES string of the molecule is N[C@H]1CCCC[C@H]1Nc1nc(-c2csc3ccccc23)c2c(O)[nH]cc2n1. The van der Waals surface area contributed by atoms with Crippen molar-refractivity contribution in [3.63, 3.8) is 0 Å². The highest BCUT2D eigenvalue weighted by Gasteiger charge is 2.24. The molecule has 7 heteroatoms. The third kappa shape index (κ3) is 2.83. The van der Waals surface area contributed by atoms with Crippen LogP contribution in [-0.4, -0.2) is 32.1 Å². The van der Waals surface area contributed by atoms with Crippen LogP contribution in [0.15, 0.2) is 35.8 Å². The lowest BCUT2D eigenvalue weighted by Crippen LogP contribution is -2.42. The number of nitrogens with zero attached hydrogens (tertiary/aromatic N) is 2. The molecule has 27 heavy (non-hydrogen) atoms. The predicted octanol–water partition coefficient (Wildman–Crippen LogP) is 4.23. The zero-order valence-corrected chi connectivity index (χ0v) is 15.6. The molecule has 5 rings (SSSR count). The molecule has 1 saturated carbocycles. The summed E-state index contributed by atoms with van der Waals surface area (Å²) in [5, 5.41) is 17.7. The van der Waals surface area contributed by atoms with Gasteiger partial charge in [0.05, 0.1) is 16.6 Å². The Balaban J connectivity index is 1.65. The third-order valence-electron chi connectivity index (χ3n) is 5.39. The average Bonchev–Trinajstić information content (AvgIpc) is 3.27. The van der Waals surface area contributed by atoms with Gasteiger partial charge in [0.25, 0.3) is 0 Å². The van der Waals surface area contributed by atoms with E-state index in [0.29, 0.717) is 16.9 Å². The van der Waals surface area contributed by atoms with E-state index in [9.17, 15) is 5.11 Å². The first kappa shape index (κ1) is 16.5. The van der Waals surface area contributed by atoms with E-state index in [4.69, 9.17) is 10.7 Å². The molecule has 138 valence electrons. The van der Waals surface area contributed by atoms with Gasteiger partial charge in [-0.1, -0.05) is 31.0 Å². The minimum Gasteiger partial charge on any atom is -0.494 e. The number of aromatic amines is 1. The van der Waals surface area contributed by atoms with Gasteiger partial charge in [0.2, 0.25) is 5.95 Å². The molecule has 1 aromatic carbocycles. The van der Waals surface area contributed by atoms with E-state index in [1.807, 2.05) is 12.1 Å². The van der Waals surface area contributed by atoms with Crippen molar-refractivity contribution in [3.05, 3.63) is 35.8 Å². The molecule has 4 aromatic rings. The van der Waals surface area contributed by atoms with E-state index >= 15 is 0 Å². The van der Waals surface area contributed by atoms with Crippen molar-refractivity contribution in [2.45, 2.75) is 37.8 Å². The molecule has 5 N–H and O–H groups in total. The normalized spacial score (nSPS) is 20.3. The number of aromatic nitrogens is 3. The molecule has 0 saturated heterocycles. The van der Waals surface area contributed by atoms with Crippen molar-refractivity contribution in [2.24, 2.45) is 5.73 Å². The van der Waals surface area contributed by atoms with Crippen LogP contribution in [0.5, 0.6) is 5.88 Å². The van der Waals surface area contributed by atoms with Gasteiger partial charge in [-0.15, -0.1) is 11.3 Å². The summed E-state index contributed by atoms with van der Waals surface area (Å²) in [6, 6.07) is 8.53. The average molecular weight is 379 g/mol. The largest absolute Gasteiger partial charge is 0.494 e. The Morgan fingerprint density at radius 3 is 2.93 bits per heavy atom. The molecular weight excluding hydrogens is 358 g/mol. The van der Waals surface area contributed by atoms with Crippen LogP contribution in [0, 0.1) is 0 Å². The van der Waals surface area contributed by atoms with E-state index < -0.39 is 0 Å². The quantitative estimate of drug-likeness (QED) is 0.427. The Morgan fingerprint density at radius 1 is 1.19 bits per heavy atom. The second-order valence-corrected chi connectivity index (χ2v) is 8.05. The van der Waals surface area contributed by atoms with Gasteiger partial charge in [0.1, 0.15) is 0 Å². The fourth-order valence-electron chi connectivity index (χ4n) is 3.95. The predicted molar refractivity (Wildman–Crippen MR) is 110 cm³/mol. The maximum Gasteiger partial charge on any atom is 0.224 e. The molecule has 0 unspecified atom stereocenters. The molecule has 0 aliphatic heterocycles. The van der Waals surface area contributed by atoms with Crippen molar-refractivity contribution in [1.82, 2.24) is 15.0 Å². The second kappa shape index (κ2) is 6.51. The molecule has 1 fully saturated rings. The molecule has 0 radical (unpaired) electrons. The van der Waals surface area contributed by atoms with Crippen LogP contribution in [0.2, 0.25) is 0 Å². The van der Waals surface area contributed by atoms with Crippen LogP contribution in [0.3, 0.4) is 0 Å². The van der Waals surface area contributed by atoms with Gasteiger partial charge in [-0.3, -0.25) is 0 Å². The number of H-pyrrole nitrogens is 1. The number of fused-ring (bicyclic) bond motifs is 2. The minimum atomic E-state index is 0.0937. The Bertz CT molecular complexity index is 1120. The summed E-state index contributed by atoms with van der Waals surface area (Å²) in [4.78, 5) is 12.3. The highest BCUT2D eigenvalue weighted by Crippen LogP contribution is 2.39. The van der Waals surface area contributed by atoms with E-state index in [1.165, 1.54) is 17.5 Å². The van der Waals surface area contributed by atoms with Gasteiger partial charge >= 0.3 is 0 Å². The summed E-state index contributed by atoms with van der Waals surface area (Å²) >= 11 is 1.68.